The number of hydrogen-bond donors (Lipinski definition) is 4. The number of β-amino-alcohol motifs (C(OH)–C–C–N with tert-alkyl or cyclic N) is 1. The maximum atomic E-state index is 11.9. The third-order valence-corrected chi connectivity index (χ3v) is 3.63. The number of likely N-dealkylation sites (tertiary alicyclic amines) is 1. The van der Waals surface area contributed by atoms with E-state index in [1.807, 2.05) is 30.3 Å². The predicted molar refractivity (Wildman–Crippen MR) is 72.7 cm³/mol. The summed E-state index contributed by atoms with van der Waals surface area (Å²) < 4.78 is 0. The molecule has 1 aliphatic rings. The van der Waals surface area contributed by atoms with E-state index in [0.29, 0.717) is 6.54 Å². The molecule has 0 saturated carbocycles. The highest BCUT2D eigenvalue weighted by molar-refractivity contribution is 5.82. The lowest BCUT2D eigenvalue weighted by molar-refractivity contribution is -0.158. The Hall–Kier alpha value is -1.47. The lowest BCUT2D eigenvalue weighted by Gasteiger charge is -2.42. The van der Waals surface area contributed by atoms with Crippen LogP contribution in [-0.2, 0) is 11.3 Å². The number of benzene rings is 1. The van der Waals surface area contributed by atoms with Gasteiger partial charge in [0.05, 0.1) is 6.10 Å². The molecule has 0 aromatic heterocycles. The van der Waals surface area contributed by atoms with Gasteiger partial charge in [0.2, 0.25) is 5.91 Å². The molecule has 110 valence electrons. The number of rotatable bonds is 3. The first-order chi connectivity index (χ1) is 9.54. The van der Waals surface area contributed by atoms with Gasteiger partial charge in [-0.05, 0) is 5.56 Å². The van der Waals surface area contributed by atoms with Gasteiger partial charge in [-0.15, -0.1) is 0 Å². The highest BCUT2D eigenvalue weighted by Crippen LogP contribution is 2.21. The van der Waals surface area contributed by atoms with Crippen molar-refractivity contribution < 1.29 is 20.1 Å². The van der Waals surface area contributed by atoms with E-state index in [1.165, 1.54) is 7.05 Å². The zero-order valence-corrected chi connectivity index (χ0v) is 11.3. The fourth-order valence-electron chi connectivity index (χ4n) is 2.54. The van der Waals surface area contributed by atoms with E-state index in [1.54, 1.807) is 4.90 Å². The van der Waals surface area contributed by atoms with Crippen molar-refractivity contribution in [2.24, 2.45) is 0 Å². The molecule has 0 spiro atoms. The standard InChI is InChI=1S/C14H20N2O4/c1-15-14(20)11-13(19)12(18)10(17)8-16(11)7-9-5-3-2-4-6-9/h2-6,10-13,17-19H,7-8H2,1H3,(H,15,20)/t10-,11+,12+,13-/m1/s1. The van der Waals surface area contributed by atoms with Gasteiger partial charge in [0.1, 0.15) is 18.2 Å². The van der Waals surface area contributed by atoms with Crippen molar-refractivity contribution in [1.29, 1.82) is 0 Å². The van der Waals surface area contributed by atoms with Crippen LogP contribution < -0.4 is 5.32 Å². The lowest BCUT2D eigenvalue weighted by Crippen LogP contribution is -2.65. The second kappa shape index (κ2) is 6.32. The molecule has 2 rings (SSSR count). The summed E-state index contributed by atoms with van der Waals surface area (Å²) in [6, 6.07) is 8.60. The minimum atomic E-state index is -1.32. The minimum absolute atomic E-state index is 0.130. The number of carbonyl (C=O) groups excluding carboxylic acids is 1. The highest BCUT2D eigenvalue weighted by atomic mass is 16.4. The van der Waals surface area contributed by atoms with E-state index >= 15 is 0 Å². The molecule has 1 aromatic rings. The quantitative estimate of drug-likeness (QED) is 0.552. The first-order valence-electron chi connectivity index (χ1n) is 6.58. The number of hydrogen-bond acceptors (Lipinski definition) is 5. The van der Waals surface area contributed by atoms with Gasteiger partial charge >= 0.3 is 0 Å². The lowest BCUT2D eigenvalue weighted by atomic mass is 9.92. The molecule has 1 saturated heterocycles. The summed E-state index contributed by atoms with van der Waals surface area (Å²) in [5, 5.41) is 32.1. The molecule has 0 unspecified atom stereocenters. The van der Waals surface area contributed by atoms with Gasteiger partial charge in [0, 0.05) is 20.1 Å². The van der Waals surface area contributed by atoms with Gasteiger partial charge in [-0.1, -0.05) is 30.3 Å². The van der Waals surface area contributed by atoms with Gasteiger partial charge in [0.25, 0.3) is 0 Å². The molecule has 0 radical (unpaired) electrons. The van der Waals surface area contributed by atoms with Crippen molar-refractivity contribution in [2.75, 3.05) is 13.6 Å². The van der Waals surface area contributed by atoms with Crippen LogP contribution in [0.3, 0.4) is 0 Å². The van der Waals surface area contributed by atoms with Crippen molar-refractivity contribution in [3.8, 4) is 0 Å². The van der Waals surface area contributed by atoms with Crippen molar-refractivity contribution in [3.05, 3.63) is 35.9 Å². The molecule has 1 aromatic carbocycles. The minimum Gasteiger partial charge on any atom is -0.389 e. The Bertz CT molecular complexity index is 454. The molecular weight excluding hydrogens is 260 g/mol. The third-order valence-electron chi connectivity index (χ3n) is 3.63. The van der Waals surface area contributed by atoms with Crippen molar-refractivity contribution in [3.63, 3.8) is 0 Å². The number of carbonyl (C=O) groups is 1. The summed E-state index contributed by atoms with van der Waals surface area (Å²) in [6.07, 6.45) is -3.71. The molecule has 1 amide bonds. The molecule has 4 atom stereocenters. The number of piperidine rings is 1. The predicted octanol–water partition coefficient (Wildman–Crippen LogP) is -1.30. The Morgan fingerprint density at radius 1 is 1.25 bits per heavy atom. The maximum Gasteiger partial charge on any atom is 0.239 e. The van der Waals surface area contributed by atoms with Gasteiger partial charge in [-0.3, -0.25) is 9.69 Å². The topological polar surface area (TPSA) is 93.0 Å². The van der Waals surface area contributed by atoms with Crippen LogP contribution in [0.15, 0.2) is 30.3 Å². The number of aliphatic hydroxyl groups is 3. The van der Waals surface area contributed by atoms with E-state index in [2.05, 4.69) is 5.32 Å². The third kappa shape index (κ3) is 2.99. The van der Waals surface area contributed by atoms with Crippen molar-refractivity contribution >= 4 is 5.91 Å². The van der Waals surface area contributed by atoms with Crippen LogP contribution in [0.5, 0.6) is 0 Å². The number of nitrogens with zero attached hydrogens (tertiary/aromatic N) is 1. The van der Waals surface area contributed by atoms with Crippen LogP contribution in [0, 0.1) is 0 Å². The highest BCUT2D eigenvalue weighted by Gasteiger charge is 2.44. The van der Waals surface area contributed by atoms with Crippen LogP contribution in [0.25, 0.3) is 0 Å². The van der Waals surface area contributed by atoms with E-state index in [4.69, 9.17) is 0 Å². The van der Waals surface area contributed by atoms with E-state index in [-0.39, 0.29) is 12.5 Å². The number of aliphatic hydroxyl groups excluding tert-OH is 3. The van der Waals surface area contributed by atoms with Crippen LogP contribution in [0.4, 0.5) is 0 Å². The SMILES string of the molecule is CNC(=O)[C@@H]1[C@@H](O)[C@@H](O)[C@H](O)CN1Cc1ccccc1. The van der Waals surface area contributed by atoms with Gasteiger partial charge < -0.3 is 20.6 Å². The molecule has 1 aliphatic heterocycles. The van der Waals surface area contributed by atoms with Crippen LogP contribution >= 0.6 is 0 Å². The number of likely N-dealkylation sites (N-methyl/N-ethyl adjacent to an activating group) is 1. The van der Waals surface area contributed by atoms with Crippen LogP contribution in [0.2, 0.25) is 0 Å². The largest absolute Gasteiger partial charge is 0.389 e. The molecule has 20 heavy (non-hydrogen) atoms. The Labute approximate surface area is 117 Å². The Morgan fingerprint density at radius 3 is 2.50 bits per heavy atom. The smallest absolute Gasteiger partial charge is 0.239 e. The molecular formula is C14H20N2O4. The fraction of sp³-hybridized carbons (Fsp3) is 0.500. The molecule has 1 heterocycles. The van der Waals surface area contributed by atoms with Crippen molar-refractivity contribution in [2.45, 2.75) is 30.9 Å². The summed E-state index contributed by atoms with van der Waals surface area (Å²) >= 11 is 0. The Kier molecular flexibility index (Phi) is 4.72. The van der Waals surface area contributed by atoms with Gasteiger partial charge in [-0.25, -0.2) is 0 Å². The Balaban J connectivity index is 2.20. The number of nitrogens with one attached hydrogen (secondary N) is 1. The van der Waals surface area contributed by atoms with E-state index in [0.717, 1.165) is 5.56 Å². The molecule has 6 nitrogen and oxygen atoms in total. The molecule has 1 fully saturated rings. The average Bonchev–Trinajstić information content (AvgIpc) is 2.45. The molecule has 0 bridgehead atoms. The van der Waals surface area contributed by atoms with Crippen LogP contribution in [-0.4, -0.2) is 64.1 Å². The summed E-state index contributed by atoms with van der Waals surface area (Å²) in [5.74, 6) is -0.376. The summed E-state index contributed by atoms with van der Waals surface area (Å²) in [4.78, 5) is 13.6. The first kappa shape index (κ1) is 14.9. The zero-order chi connectivity index (χ0) is 14.7. The number of amides is 1. The summed E-state index contributed by atoms with van der Waals surface area (Å²) in [5.41, 5.74) is 0.970. The van der Waals surface area contributed by atoms with Crippen LogP contribution in [0.1, 0.15) is 5.56 Å². The fourth-order valence-corrected chi connectivity index (χ4v) is 2.54. The van der Waals surface area contributed by atoms with E-state index < -0.39 is 24.4 Å². The van der Waals surface area contributed by atoms with Gasteiger partial charge in [-0.2, -0.15) is 0 Å². The first-order valence-corrected chi connectivity index (χ1v) is 6.58. The van der Waals surface area contributed by atoms with E-state index in [9.17, 15) is 20.1 Å². The zero-order valence-electron chi connectivity index (χ0n) is 11.3. The monoisotopic (exact) mass is 280 g/mol. The second-order valence-electron chi connectivity index (χ2n) is 5.02. The normalized spacial score (nSPS) is 31.0. The van der Waals surface area contributed by atoms with Gasteiger partial charge in [0.15, 0.2) is 0 Å². The second-order valence-corrected chi connectivity index (χ2v) is 5.02. The molecule has 4 N–H and O–H groups in total. The average molecular weight is 280 g/mol. The summed E-state index contributed by atoms with van der Waals surface area (Å²) in [7, 11) is 1.48. The molecule has 0 aliphatic carbocycles. The Morgan fingerprint density at radius 2 is 1.90 bits per heavy atom. The summed E-state index contributed by atoms with van der Waals surface area (Å²) in [6.45, 7) is 0.547. The maximum absolute atomic E-state index is 11.9. The van der Waals surface area contributed by atoms with Crippen molar-refractivity contribution in [1.82, 2.24) is 10.2 Å². The molecule has 6 heteroatoms.